The highest BCUT2D eigenvalue weighted by Gasteiger charge is 2.47. The van der Waals surface area contributed by atoms with E-state index in [-0.39, 0.29) is 25.6 Å². The van der Waals surface area contributed by atoms with Gasteiger partial charge in [0.2, 0.25) is 0 Å². The molecule has 0 bridgehead atoms. The van der Waals surface area contributed by atoms with E-state index in [1.54, 1.807) is 0 Å². The van der Waals surface area contributed by atoms with Gasteiger partial charge in [0, 0.05) is 13.0 Å². The van der Waals surface area contributed by atoms with Crippen LogP contribution >= 0.6 is 0 Å². The summed E-state index contributed by atoms with van der Waals surface area (Å²) < 4.78 is 34.4. The van der Waals surface area contributed by atoms with Gasteiger partial charge < -0.3 is 64.2 Å². The maximum Gasteiger partial charge on any atom is 0.306 e. The van der Waals surface area contributed by atoms with Crippen LogP contribution in [0.15, 0.2) is 48.6 Å². The summed E-state index contributed by atoms with van der Waals surface area (Å²) in [5.41, 5.74) is 0. The first-order valence-corrected chi connectivity index (χ1v) is 28.7. The second-order valence-corrected chi connectivity index (χ2v) is 20.1. The SMILES string of the molecule is CC/C=C\C/C=C\C/C=C\C/C=C\CCCCCCCCCCCOCC(COC1OC(COC2OC(CO)C(O)C(O)C2O)C(O)C(O)C1O)OC(=O)CCCCCCCCCCCCCCCCCC. The molecule has 420 valence electrons. The number of hydrogen-bond donors (Lipinski definition) is 7. The smallest absolute Gasteiger partial charge is 0.306 e. The Hall–Kier alpha value is -2.05. The summed E-state index contributed by atoms with van der Waals surface area (Å²) in [7, 11) is 0. The zero-order valence-electron chi connectivity index (χ0n) is 44.9. The maximum atomic E-state index is 13.1. The normalized spacial score (nSPS) is 25.5. The molecule has 0 aromatic rings. The van der Waals surface area contributed by atoms with Gasteiger partial charge in [-0.1, -0.05) is 204 Å². The first kappa shape index (κ1) is 66.1. The van der Waals surface area contributed by atoms with E-state index in [4.69, 9.17) is 28.4 Å². The zero-order chi connectivity index (χ0) is 52.3. The molecule has 2 heterocycles. The van der Waals surface area contributed by atoms with Gasteiger partial charge >= 0.3 is 5.97 Å². The van der Waals surface area contributed by atoms with Crippen LogP contribution in [0.4, 0.5) is 0 Å². The summed E-state index contributed by atoms with van der Waals surface area (Å²) >= 11 is 0. The van der Waals surface area contributed by atoms with Crippen molar-refractivity contribution >= 4 is 5.97 Å². The van der Waals surface area contributed by atoms with Crippen LogP contribution in [0.25, 0.3) is 0 Å². The molecule has 0 aromatic carbocycles. The highest BCUT2D eigenvalue weighted by atomic mass is 16.7. The first-order valence-electron chi connectivity index (χ1n) is 28.7. The van der Waals surface area contributed by atoms with Crippen LogP contribution in [-0.4, -0.2) is 142 Å². The number of aliphatic hydroxyl groups excluding tert-OH is 7. The molecule has 0 aliphatic carbocycles. The van der Waals surface area contributed by atoms with E-state index in [1.165, 1.54) is 116 Å². The lowest BCUT2D eigenvalue weighted by molar-refractivity contribution is -0.332. The molecular weight excluding hydrogens is 921 g/mol. The summed E-state index contributed by atoms with van der Waals surface area (Å²) in [5, 5.41) is 72.3. The number of unbranched alkanes of at least 4 members (excludes halogenated alkanes) is 24. The van der Waals surface area contributed by atoms with Crippen molar-refractivity contribution in [1.82, 2.24) is 0 Å². The van der Waals surface area contributed by atoms with E-state index in [1.807, 2.05) is 0 Å². The molecule has 2 fully saturated rings. The second kappa shape index (κ2) is 45.2. The topological polar surface area (TPSA) is 214 Å². The van der Waals surface area contributed by atoms with E-state index < -0.39 is 80.7 Å². The fraction of sp³-hybridized carbons (Fsp3) is 0.845. The largest absolute Gasteiger partial charge is 0.457 e. The Kier molecular flexibility index (Phi) is 41.4. The minimum Gasteiger partial charge on any atom is -0.457 e. The van der Waals surface area contributed by atoms with Gasteiger partial charge in [0.25, 0.3) is 0 Å². The van der Waals surface area contributed by atoms with Crippen molar-refractivity contribution in [3.8, 4) is 0 Å². The van der Waals surface area contributed by atoms with Gasteiger partial charge in [0.1, 0.15) is 54.9 Å². The predicted molar refractivity (Wildman–Crippen MR) is 284 cm³/mol. The van der Waals surface area contributed by atoms with Crippen LogP contribution in [0.5, 0.6) is 0 Å². The third-order valence-corrected chi connectivity index (χ3v) is 13.6. The van der Waals surface area contributed by atoms with E-state index in [0.29, 0.717) is 13.0 Å². The minimum absolute atomic E-state index is 0.0588. The van der Waals surface area contributed by atoms with Crippen LogP contribution in [0.2, 0.25) is 0 Å². The maximum absolute atomic E-state index is 13.1. The van der Waals surface area contributed by atoms with Crippen molar-refractivity contribution in [2.24, 2.45) is 0 Å². The lowest BCUT2D eigenvalue weighted by atomic mass is 9.98. The highest BCUT2D eigenvalue weighted by Crippen LogP contribution is 2.27. The monoisotopic (exact) mass is 1020 g/mol. The van der Waals surface area contributed by atoms with Gasteiger partial charge in [-0.15, -0.1) is 0 Å². The van der Waals surface area contributed by atoms with Crippen molar-refractivity contribution in [3.63, 3.8) is 0 Å². The summed E-state index contributed by atoms with van der Waals surface area (Å²) in [5.74, 6) is -0.376. The quantitative estimate of drug-likeness (QED) is 0.0172. The molecule has 0 radical (unpaired) electrons. The van der Waals surface area contributed by atoms with E-state index in [2.05, 4.69) is 62.5 Å². The Bertz CT molecular complexity index is 1370. The number of esters is 1. The van der Waals surface area contributed by atoms with Gasteiger partial charge in [-0.3, -0.25) is 4.79 Å². The molecule has 14 nitrogen and oxygen atoms in total. The standard InChI is InChI=1S/C58H104O14/c1-3-5-7-9-11-13-15-17-19-21-22-23-24-25-26-28-30-32-34-36-38-40-42-67-44-47(70-50(60)41-39-37-35-33-31-29-27-20-18-16-14-12-10-8-6-4-2)45-68-57-56(66)54(64)52(62)49(72-57)46-69-58-55(65)53(63)51(61)48(43-59)71-58/h5,7,11,13,17,19,22-23,47-49,51-59,61-66H,3-4,6,8-10,12,14-16,18,20-21,24-46H2,1-2H3/b7-5-,13-11-,19-17-,23-22-. The Morgan fingerprint density at radius 3 is 1.42 bits per heavy atom. The lowest BCUT2D eigenvalue weighted by Crippen LogP contribution is -2.61. The lowest BCUT2D eigenvalue weighted by Gasteiger charge is -2.42. The molecular formula is C58H104O14. The molecule has 2 aliphatic heterocycles. The predicted octanol–water partition coefficient (Wildman–Crippen LogP) is 9.91. The third kappa shape index (κ3) is 31.7. The highest BCUT2D eigenvalue weighted by molar-refractivity contribution is 5.69. The number of aliphatic hydroxyl groups is 7. The minimum atomic E-state index is -1.71. The third-order valence-electron chi connectivity index (χ3n) is 13.6. The molecule has 2 aliphatic rings. The molecule has 0 amide bonds. The zero-order valence-corrected chi connectivity index (χ0v) is 44.9. The van der Waals surface area contributed by atoms with Crippen LogP contribution in [-0.2, 0) is 33.2 Å². The number of hydrogen-bond acceptors (Lipinski definition) is 14. The fourth-order valence-electron chi connectivity index (χ4n) is 8.98. The molecule has 14 heteroatoms. The average Bonchev–Trinajstić information content (AvgIpc) is 3.38. The Morgan fingerprint density at radius 1 is 0.472 bits per heavy atom. The number of carbonyl (C=O) groups excluding carboxylic acids is 1. The average molecular weight is 1030 g/mol. The van der Waals surface area contributed by atoms with Gasteiger partial charge in [-0.05, 0) is 51.4 Å². The van der Waals surface area contributed by atoms with Gasteiger partial charge in [-0.2, -0.15) is 0 Å². The molecule has 7 N–H and O–H groups in total. The number of carbonyl (C=O) groups is 1. The van der Waals surface area contributed by atoms with Crippen molar-refractivity contribution in [1.29, 1.82) is 0 Å². The molecule has 11 atom stereocenters. The Labute approximate surface area is 435 Å². The van der Waals surface area contributed by atoms with Crippen LogP contribution in [0.1, 0.15) is 213 Å². The summed E-state index contributed by atoms with van der Waals surface area (Å²) in [6.07, 6.45) is 37.4. The van der Waals surface area contributed by atoms with Crippen molar-refractivity contribution in [3.05, 3.63) is 48.6 Å². The molecule has 2 saturated heterocycles. The van der Waals surface area contributed by atoms with E-state index in [0.717, 1.165) is 70.6 Å². The van der Waals surface area contributed by atoms with Gasteiger partial charge in [-0.25, -0.2) is 0 Å². The molecule has 0 aromatic heterocycles. The molecule has 0 spiro atoms. The van der Waals surface area contributed by atoms with Gasteiger partial charge in [0.15, 0.2) is 12.6 Å². The molecule has 11 unspecified atom stereocenters. The van der Waals surface area contributed by atoms with E-state index >= 15 is 0 Å². The van der Waals surface area contributed by atoms with Crippen molar-refractivity contribution in [2.45, 2.75) is 280 Å². The second-order valence-electron chi connectivity index (χ2n) is 20.1. The Morgan fingerprint density at radius 2 is 0.903 bits per heavy atom. The molecule has 0 saturated carbocycles. The molecule has 2 rings (SSSR count). The Balaban J connectivity index is 1.71. The molecule has 72 heavy (non-hydrogen) atoms. The number of ether oxygens (including phenoxy) is 6. The summed E-state index contributed by atoms with van der Waals surface area (Å²) in [4.78, 5) is 13.1. The van der Waals surface area contributed by atoms with Crippen molar-refractivity contribution in [2.75, 3.05) is 33.0 Å². The van der Waals surface area contributed by atoms with Crippen LogP contribution in [0, 0.1) is 0 Å². The van der Waals surface area contributed by atoms with Crippen LogP contribution in [0.3, 0.4) is 0 Å². The summed E-state index contributed by atoms with van der Waals surface area (Å²) in [6.45, 7) is 3.59. The van der Waals surface area contributed by atoms with Crippen molar-refractivity contribution < 1.29 is 69.0 Å². The number of allylic oxidation sites excluding steroid dienone is 8. The van der Waals surface area contributed by atoms with Crippen LogP contribution < -0.4 is 0 Å². The first-order chi connectivity index (χ1) is 35.1. The fourth-order valence-corrected chi connectivity index (χ4v) is 8.98. The number of rotatable bonds is 46. The van der Waals surface area contributed by atoms with E-state index in [9.17, 15) is 40.5 Å². The van der Waals surface area contributed by atoms with Gasteiger partial charge in [0.05, 0.1) is 26.4 Å². The summed E-state index contributed by atoms with van der Waals surface area (Å²) in [6, 6.07) is 0.